The number of rotatable bonds is 2. The highest BCUT2D eigenvalue weighted by atomic mass is 35.5. The molecule has 0 aromatic heterocycles. The van der Waals surface area contributed by atoms with Crippen LogP contribution in [-0.4, -0.2) is 37.0 Å². The van der Waals surface area contributed by atoms with Gasteiger partial charge in [-0.25, -0.2) is 8.78 Å². The van der Waals surface area contributed by atoms with Gasteiger partial charge < -0.3 is 10.2 Å². The van der Waals surface area contributed by atoms with Crippen LogP contribution in [0.15, 0.2) is 18.2 Å². The summed E-state index contributed by atoms with van der Waals surface area (Å²) in [6, 6.07) is 2.97. The minimum absolute atomic E-state index is 0. The van der Waals surface area contributed by atoms with Crippen LogP contribution in [0.3, 0.4) is 0 Å². The molecule has 1 aromatic carbocycles. The SMILES string of the molecule is CN(C(=O)c1cc(F)ccc1F)[C@@H]1CCCNC1.Cl. The van der Waals surface area contributed by atoms with E-state index in [-0.39, 0.29) is 24.0 Å². The number of piperidine rings is 1. The molecule has 1 N–H and O–H groups in total. The largest absolute Gasteiger partial charge is 0.337 e. The van der Waals surface area contributed by atoms with Crippen molar-refractivity contribution in [3.05, 3.63) is 35.4 Å². The molecule has 1 aliphatic heterocycles. The molecule has 1 saturated heterocycles. The Morgan fingerprint density at radius 3 is 2.79 bits per heavy atom. The van der Waals surface area contributed by atoms with Gasteiger partial charge in [-0.05, 0) is 37.6 Å². The van der Waals surface area contributed by atoms with Gasteiger partial charge in [0.15, 0.2) is 0 Å². The number of nitrogens with zero attached hydrogens (tertiary/aromatic N) is 1. The number of likely N-dealkylation sites (N-methyl/N-ethyl adjacent to an activating group) is 1. The third-order valence-corrected chi connectivity index (χ3v) is 3.30. The normalized spacial score (nSPS) is 18.6. The highest BCUT2D eigenvalue weighted by molar-refractivity contribution is 5.94. The van der Waals surface area contributed by atoms with Crippen LogP contribution in [0.4, 0.5) is 8.78 Å². The van der Waals surface area contributed by atoms with Crippen LogP contribution < -0.4 is 5.32 Å². The summed E-state index contributed by atoms with van der Waals surface area (Å²) in [6.45, 7) is 1.63. The second-order valence-electron chi connectivity index (χ2n) is 4.54. The fourth-order valence-corrected chi connectivity index (χ4v) is 2.18. The number of carbonyl (C=O) groups is 1. The summed E-state index contributed by atoms with van der Waals surface area (Å²) in [4.78, 5) is 13.6. The van der Waals surface area contributed by atoms with E-state index in [0.29, 0.717) is 6.54 Å². The summed E-state index contributed by atoms with van der Waals surface area (Å²) in [5.74, 6) is -1.76. The minimum Gasteiger partial charge on any atom is -0.337 e. The van der Waals surface area contributed by atoms with Crippen molar-refractivity contribution in [2.45, 2.75) is 18.9 Å². The second-order valence-corrected chi connectivity index (χ2v) is 4.54. The first-order chi connectivity index (χ1) is 8.59. The molecular formula is C13H17ClF2N2O. The lowest BCUT2D eigenvalue weighted by Gasteiger charge is -2.31. The smallest absolute Gasteiger partial charge is 0.256 e. The van der Waals surface area contributed by atoms with Gasteiger partial charge in [0.05, 0.1) is 5.56 Å². The molecule has 3 nitrogen and oxygen atoms in total. The minimum atomic E-state index is -0.683. The summed E-state index contributed by atoms with van der Waals surface area (Å²) in [5.41, 5.74) is -0.205. The van der Waals surface area contributed by atoms with Gasteiger partial charge in [-0.15, -0.1) is 12.4 Å². The first-order valence-electron chi connectivity index (χ1n) is 6.02. The van der Waals surface area contributed by atoms with Crippen molar-refractivity contribution in [3.8, 4) is 0 Å². The number of halogens is 3. The molecule has 1 amide bonds. The van der Waals surface area contributed by atoms with Crippen molar-refractivity contribution < 1.29 is 13.6 Å². The first-order valence-corrected chi connectivity index (χ1v) is 6.02. The Morgan fingerprint density at radius 1 is 1.42 bits per heavy atom. The maximum Gasteiger partial charge on any atom is 0.256 e. The molecule has 2 rings (SSSR count). The van der Waals surface area contributed by atoms with Gasteiger partial charge in [-0.2, -0.15) is 0 Å². The quantitative estimate of drug-likeness (QED) is 0.906. The van der Waals surface area contributed by atoms with Gasteiger partial charge in [0.25, 0.3) is 5.91 Å². The molecule has 6 heteroatoms. The molecular weight excluding hydrogens is 274 g/mol. The first kappa shape index (κ1) is 15.9. The molecule has 19 heavy (non-hydrogen) atoms. The summed E-state index contributed by atoms with van der Waals surface area (Å²) in [5, 5.41) is 3.19. The number of hydrogen-bond donors (Lipinski definition) is 1. The molecule has 1 atom stereocenters. The summed E-state index contributed by atoms with van der Waals surface area (Å²) in [7, 11) is 1.63. The molecule has 0 spiro atoms. The van der Waals surface area contributed by atoms with Gasteiger partial charge in [0.1, 0.15) is 11.6 Å². The monoisotopic (exact) mass is 290 g/mol. The number of amides is 1. The van der Waals surface area contributed by atoms with E-state index in [2.05, 4.69) is 5.32 Å². The lowest BCUT2D eigenvalue weighted by Crippen LogP contribution is -2.46. The molecule has 1 fully saturated rings. The maximum absolute atomic E-state index is 13.5. The van der Waals surface area contributed by atoms with E-state index in [1.807, 2.05) is 0 Å². The standard InChI is InChI=1S/C13H16F2N2O.ClH/c1-17(10-3-2-6-16-8-10)13(18)11-7-9(14)4-5-12(11)15;/h4-5,7,10,16H,2-3,6,8H2,1H3;1H/t10-;/m1./s1. The fraction of sp³-hybridized carbons (Fsp3) is 0.462. The fourth-order valence-electron chi connectivity index (χ4n) is 2.18. The number of hydrogen-bond acceptors (Lipinski definition) is 2. The van der Waals surface area contributed by atoms with E-state index < -0.39 is 17.5 Å². The third-order valence-electron chi connectivity index (χ3n) is 3.30. The van der Waals surface area contributed by atoms with Crippen molar-refractivity contribution in [2.75, 3.05) is 20.1 Å². The molecule has 1 aromatic rings. The summed E-state index contributed by atoms with van der Waals surface area (Å²) in [6.07, 6.45) is 1.86. The molecule has 0 bridgehead atoms. The van der Waals surface area contributed by atoms with Crippen molar-refractivity contribution in [3.63, 3.8) is 0 Å². The Hall–Kier alpha value is -1.20. The Labute approximate surface area is 117 Å². The average Bonchev–Trinajstić information content (AvgIpc) is 2.41. The van der Waals surface area contributed by atoms with Crippen LogP contribution >= 0.6 is 12.4 Å². The van der Waals surface area contributed by atoms with Gasteiger partial charge in [-0.3, -0.25) is 4.79 Å². The lowest BCUT2D eigenvalue weighted by molar-refractivity contribution is 0.0703. The van der Waals surface area contributed by atoms with Crippen LogP contribution in [0, 0.1) is 11.6 Å². The lowest BCUT2D eigenvalue weighted by atomic mass is 10.0. The van der Waals surface area contributed by atoms with Gasteiger partial charge in [0, 0.05) is 19.6 Å². The zero-order valence-corrected chi connectivity index (χ0v) is 11.5. The predicted octanol–water partition coefficient (Wildman–Crippen LogP) is 2.21. The van der Waals surface area contributed by atoms with Crippen molar-refractivity contribution >= 4 is 18.3 Å². The molecule has 106 valence electrons. The van der Waals surface area contributed by atoms with E-state index in [0.717, 1.165) is 37.6 Å². The van der Waals surface area contributed by atoms with Crippen molar-refractivity contribution in [1.82, 2.24) is 10.2 Å². The van der Waals surface area contributed by atoms with Crippen molar-refractivity contribution in [2.24, 2.45) is 0 Å². The molecule has 0 aliphatic carbocycles. The van der Waals surface area contributed by atoms with Crippen molar-refractivity contribution in [1.29, 1.82) is 0 Å². The van der Waals surface area contributed by atoms with Gasteiger partial charge >= 0.3 is 0 Å². The van der Waals surface area contributed by atoms with Crippen LogP contribution in [0.2, 0.25) is 0 Å². The Kier molecular flexibility index (Phi) is 5.69. The zero-order valence-electron chi connectivity index (χ0n) is 10.7. The third kappa shape index (κ3) is 3.64. The second kappa shape index (κ2) is 6.82. The van der Waals surface area contributed by atoms with Gasteiger partial charge in [0.2, 0.25) is 0 Å². The Morgan fingerprint density at radius 2 is 2.16 bits per heavy atom. The number of benzene rings is 1. The van der Waals surface area contributed by atoms with E-state index in [9.17, 15) is 13.6 Å². The highest BCUT2D eigenvalue weighted by Gasteiger charge is 2.24. The van der Waals surface area contributed by atoms with E-state index in [1.54, 1.807) is 7.05 Å². The average molecular weight is 291 g/mol. The summed E-state index contributed by atoms with van der Waals surface area (Å²) >= 11 is 0. The topological polar surface area (TPSA) is 32.3 Å². The molecule has 1 aliphatic rings. The Balaban J connectivity index is 0.00000180. The molecule has 0 saturated carbocycles. The Bertz CT molecular complexity index is 450. The van der Waals surface area contributed by atoms with Crippen LogP contribution in [0.5, 0.6) is 0 Å². The van der Waals surface area contributed by atoms with E-state index >= 15 is 0 Å². The maximum atomic E-state index is 13.5. The summed E-state index contributed by atoms with van der Waals surface area (Å²) < 4.78 is 26.6. The molecule has 0 unspecified atom stereocenters. The number of carbonyl (C=O) groups excluding carboxylic acids is 1. The van der Waals surface area contributed by atoms with E-state index in [1.165, 1.54) is 4.90 Å². The highest BCUT2D eigenvalue weighted by Crippen LogP contribution is 2.16. The zero-order chi connectivity index (χ0) is 13.1. The van der Waals surface area contributed by atoms with Crippen LogP contribution in [0.25, 0.3) is 0 Å². The van der Waals surface area contributed by atoms with Crippen LogP contribution in [-0.2, 0) is 0 Å². The van der Waals surface area contributed by atoms with Gasteiger partial charge in [-0.1, -0.05) is 0 Å². The predicted molar refractivity (Wildman–Crippen MR) is 71.6 cm³/mol. The number of nitrogens with one attached hydrogen (secondary N) is 1. The molecule has 1 heterocycles. The van der Waals surface area contributed by atoms with E-state index in [4.69, 9.17) is 0 Å². The molecule has 0 radical (unpaired) electrons. The van der Waals surface area contributed by atoms with Crippen LogP contribution in [0.1, 0.15) is 23.2 Å².